The fraction of sp³-hybridized carbons (Fsp3) is 0.263. The molecule has 0 aromatic heterocycles. The summed E-state index contributed by atoms with van der Waals surface area (Å²) in [5.41, 5.74) is 0.985. The Bertz CT molecular complexity index is 784. The van der Waals surface area contributed by atoms with Gasteiger partial charge in [0.15, 0.2) is 6.10 Å². The van der Waals surface area contributed by atoms with Gasteiger partial charge in [0.1, 0.15) is 12.4 Å². The van der Waals surface area contributed by atoms with Crippen LogP contribution in [0.1, 0.15) is 6.92 Å². The number of hydrogen-bond acceptors (Lipinski definition) is 5. The largest absolute Gasteiger partial charge is 0.479 e. The quantitative estimate of drug-likeness (QED) is 0.664. The van der Waals surface area contributed by atoms with Gasteiger partial charge in [-0.05, 0) is 37.3 Å². The van der Waals surface area contributed by atoms with Crippen LogP contribution in [0.25, 0.3) is 0 Å². The van der Waals surface area contributed by atoms with E-state index in [1.54, 1.807) is 55.5 Å². The van der Waals surface area contributed by atoms with Crippen LogP contribution in [0, 0.1) is 0 Å². The van der Waals surface area contributed by atoms with Gasteiger partial charge in [0.25, 0.3) is 5.91 Å². The van der Waals surface area contributed by atoms with Gasteiger partial charge in [0.05, 0.1) is 11.6 Å². The minimum atomic E-state index is -0.763. The molecule has 0 bridgehead atoms. The third-order valence-corrected chi connectivity index (χ3v) is 3.72. The molecule has 0 radical (unpaired) electrons. The van der Waals surface area contributed by atoms with E-state index in [2.05, 4.69) is 10.6 Å². The molecule has 7 nitrogen and oxygen atoms in total. The Kier molecular flexibility index (Phi) is 7.91. The maximum Gasteiger partial charge on any atom is 0.411 e. The van der Waals surface area contributed by atoms with Gasteiger partial charge >= 0.3 is 6.09 Å². The standard InChI is InChI=1S/C19H21ClN2O5/c1-13(27-17-9-4-3-8-16(17)20)18(23)21-14-6-5-7-15(12-14)22-19(24)26-11-10-25-2/h3-9,12-13H,10-11H2,1-2H3,(H,21,23)(H,22,24). The van der Waals surface area contributed by atoms with E-state index in [9.17, 15) is 9.59 Å². The average Bonchev–Trinajstić information content (AvgIpc) is 2.64. The summed E-state index contributed by atoms with van der Waals surface area (Å²) in [7, 11) is 1.52. The number of halogens is 1. The van der Waals surface area contributed by atoms with E-state index in [0.29, 0.717) is 28.8 Å². The predicted octanol–water partition coefficient (Wildman–Crippen LogP) is 3.94. The fourth-order valence-electron chi connectivity index (χ4n) is 2.07. The number of carbonyl (C=O) groups is 2. The van der Waals surface area contributed by atoms with Crippen LogP contribution in [0.2, 0.25) is 5.02 Å². The number of ether oxygens (including phenoxy) is 3. The molecule has 0 fully saturated rings. The van der Waals surface area contributed by atoms with E-state index in [0.717, 1.165) is 0 Å². The van der Waals surface area contributed by atoms with Gasteiger partial charge in [-0.2, -0.15) is 0 Å². The van der Waals surface area contributed by atoms with Crippen LogP contribution in [0.15, 0.2) is 48.5 Å². The molecule has 0 heterocycles. The highest BCUT2D eigenvalue weighted by atomic mass is 35.5. The smallest absolute Gasteiger partial charge is 0.411 e. The topological polar surface area (TPSA) is 85.9 Å². The van der Waals surface area contributed by atoms with Gasteiger partial charge in [0, 0.05) is 18.5 Å². The predicted molar refractivity (Wildman–Crippen MR) is 103 cm³/mol. The van der Waals surface area contributed by atoms with Gasteiger partial charge < -0.3 is 19.5 Å². The highest BCUT2D eigenvalue weighted by molar-refractivity contribution is 6.32. The lowest BCUT2D eigenvalue weighted by atomic mass is 10.2. The van der Waals surface area contributed by atoms with Gasteiger partial charge in [-0.25, -0.2) is 4.79 Å². The first-order chi connectivity index (χ1) is 13.0. The number of nitrogens with one attached hydrogen (secondary N) is 2. The molecule has 2 amide bonds. The van der Waals surface area contributed by atoms with Gasteiger partial charge in [0.2, 0.25) is 0 Å². The molecule has 2 aromatic carbocycles. The molecule has 0 spiro atoms. The van der Waals surface area contributed by atoms with E-state index in [1.807, 2.05) is 0 Å². The molecule has 1 unspecified atom stereocenters. The van der Waals surface area contributed by atoms with Crippen molar-refractivity contribution in [3.63, 3.8) is 0 Å². The fourth-order valence-corrected chi connectivity index (χ4v) is 2.25. The Hall–Kier alpha value is -2.77. The van der Waals surface area contributed by atoms with Crippen molar-refractivity contribution in [2.75, 3.05) is 31.0 Å². The molecule has 2 rings (SSSR count). The summed E-state index contributed by atoms with van der Waals surface area (Å²) in [4.78, 5) is 24.0. The van der Waals surface area contributed by atoms with Crippen molar-refractivity contribution in [1.29, 1.82) is 0 Å². The minimum absolute atomic E-state index is 0.148. The molecule has 2 N–H and O–H groups in total. The van der Waals surface area contributed by atoms with Crippen LogP contribution >= 0.6 is 11.6 Å². The second-order valence-corrected chi connectivity index (χ2v) is 5.92. The molecule has 0 aliphatic rings. The lowest BCUT2D eigenvalue weighted by Gasteiger charge is -2.16. The number of carbonyl (C=O) groups excluding carboxylic acids is 2. The summed E-state index contributed by atoms with van der Waals surface area (Å²) < 4.78 is 15.3. The first-order valence-electron chi connectivity index (χ1n) is 8.24. The molecule has 1 atom stereocenters. The maximum atomic E-state index is 12.3. The molecule has 0 aliphatic carbocycles. The van der Waals surface area contributed by atoms with Crippen molar-refractivity contribution < 1.29 is 23.8 Å². The zero-order valence-electron chi connectivity index (χ0n) is 15.0. The number of rotatable bonds is 8. The number of amides is 2. The summed E-state index contributed by atoms with van der Waals surface area (Å²) in [6.45, 7) is 2.08. The van der Waals surface area contributed by atoms with E-state index in [4.69, 9.17) is 25.8 Å². The molecule has 2 aromatic rings. The van der Waals surface area contributed by atoms with E-state index < -0.39 is 12.2 Å². The number of methoxy groups -OCH3 is 1. The second kappa shape index (κ2) is 10.4. The normalized spacial score (nSPS) is 11.4. The lowest BCUT2D eigenvalue weighted by molar-refractivity contribution is -0.122. The summed E-state index contributed by atoms with van der Waals surface area (Å²) >= 11 is 6.03. The van der Waals surface area contributed by atoms with Gasteiger partial charge in [-0.15, -0.1) is 0 Å². The van der Waals surface area contributed by atoms with Crippen molar-refractivity contribution in [1.82, 2.24) is 0 Å². The summed E-state index contributed by atoms with van der Waals surface area (Å²) in [6, 6.07) is 13.6. The number of hydrogen-bond donors (Lipinski definition) is 2. The van der Waals surface area contributed by atoms with Crippen molar-refractivity contribution in [2.45, 2.75) is 13.0 Å². The molecule has 0 aliphatic heterocycles. The van der Waals surface area contributed by atoms with E-state index in [-0.39, 0.29) is 12.5 Å². The third kappa shape index (κ3) is 6.80. The Morgan fingerprint density at radius 1 is 1.04 bits per heavy atom. The number of benzene rings is 2. The monoisotopic (exact) mass is 392 g/mol. The highest BCUT2D eigenvalue weighted by Gasteiger charge is 2.16. The molecular weight excluding hydrogens is 372 g/mol. The van der Waals surface area contributed by atoms with E-state index in [1.165, 1.54) is 7.11 Å². The van der Waals surface area contributed by atoms with Gasteiger partial charge in [-0.1, -0.05) is 29.8 Å². The third-order valence-electron chi connectivity index (χ3n) is 3.41. The summed E-state index contributed by atoms with van der Waals surface area (Å²) in [6.07, 6.45) is -1.37. The molecule has 8 heteroatoms. The lowest BCUT2D eigenvalue weighted by Crippen LogP contribution is -2.30. The Morgan fingerprint density at radius 3 is 2.44 bits per heavy atom. The van der Waals surface area contributed by atoms with Crippen molar-refractivity contribution in [3.05, 3.63) is 53.6 Å². The first kappa shape index (κ1) is 20.5. The van der Waals surface area contributed by atoms with Crippen LogP contribution < -0.4 is 15.4 Å². The molecule has 0 saturated heterocycles. The molecular formula is C19H21ClN2O5. The SMILES string of the molecule is COCCOC(=O)Nc1cccc(NC(=O)C(C)Oc2ccccc2Cl)c1. The minimum Gasteiger partial charge on any atom is -0.479 e. The zero-order chi connectivity index (χ0) is 19.6. The van der Waals surface area contributed by atoms with Crippen LogP contribution in [-0.4, -0.2) is 38.4 Å². The molecule has 144 valence electrons. The Balaban J connectivity index is 1.91. The first-order valence-corrected chi connectivity index (χ1v) is 8.62. The molecule has 0 saturated carbocycles. The van der Waals surface area contributed by atoms with Crippen LogP contribution in [0.5, 0.6) is 5.75 Å². The van der Waals surface area contributed by atoms with Crippen molar-refractivity contribution >= 4 is 35.0 Å². The summed E-state index contributed by atoms with van der Waals surface area (Å²) in [5, 5.41) is 5.73. The summed E-state index contributed by atoms with van der Waals surface area (Å²) in [5.74, 6) is 0.0748. The van der Waals surface area contributed by atoms with Crippen LogP contribution in [0.4, 0.5) is 16.2 Å². The average molecular weight is 393 g/mol. The second-order valence-electron chi connectivity index (χ2n) is 5.51. The molecule has 27 heavy (non-hydrogen) atoms. The maximum absolute atomic E-state index is 12.3. The van der Waals surface area contributed by atoms with Crippen LogP contribution in [-0.2, 0) is 14.3 Å². The van der Waals surface area contributed by atoms with E-state index >= 15 is 0 Å². The number of anilines is 2. The Labute approximate surface area is 162 Å². The van der Waals surface area contributed by atoms with Gasteiger partial charge in [-0.3, -0.25) is 10.1 Å². The number of para-hydroxylation sites is 1. The van der Waals surface area contributed by atoms with Crippen molar-refractivity contribution in [2.24, 2.45) is 0 Å². The zero-order valence-corrected chi connectivity index (χ0v) is 15.8. The van der Waals surface area contributed by atoms with Crippen LogP contribution in [0.3, 0.4) is 0 Å². The highest BCUT2D eigenvalue weighted by Crippen LogP contribution is 2.24. The van der Waals surface area contributed by atoms with Crippen molar-refractivity contribution in [3.8, 4) is 5.75 Å². The Morgan fingerprint density at radius 2 is 1.74 bits per heavy atom.